The molecule has 1 aromatic rings. The number of carbonyl (C=O) groups is 2. The van der Waals surface area contributed by atoms with E-state index in [9.17, 15) is 9.59 Å². The summed E-state index contributed by atoms with van der Waals surface area (Å²) in [7, 11) is 1.60. The molecule has 0 bridgehead atoms. The molecule has 17 heavy (non-hydrogen) atoms. The first-order valence-electron chi connectivity index (χ1n) is 4.66. The van der Waals surface area contributed by atoms with Crippen LogP contribution < -0.4 is 21.9 Å². The Kier molecular flexibility index (Phi) is 4.13. The number of nitrogens with zero attached hydrogens (tertiary/aromatic N) is 1. The van der Waals surface area contributed by atoms with Crippen LogP contribution >= 0.6 is 12.2 Å². The van der Waals surface area contributed by atoms with Gasteiger partial charge in [0.25, 0.3) is 11.7 Å². The number of rotatable bonds is 0. The fourth-order valence-corrected chi connectivity index (χ4v) is 1.34. The largest absolute Gasteiger partial charge is 0.375 e. The highest BCUT2D eigenvalue weighted by Crippen LogP contribution is 2.26. The zero-order valence-corrected chi connectivity index (χ0v) is 9.95. The highest BCUT2D eigenvalue weighted by atomic mass is 32.1. The van der Waals surface area contributed by atoms with Gasteiger partial charge in [-0.3, -0.25) is 9.59 Å². The molecule has 7 heteroatoms. The SMILES string of the molecule is CN1C(=O)C(=O)c2ccccc21.NNC(N)=S. The van der Waals surface area contributed by atoms with Crippen molar-refractivity contribution in [2.45, 2.75) is 0 Å². The van der Waals surface area contributed by atoms with E-state index < -0.39 is 11.7 Å². The van der Waals surface area contributed by atoms with Crippen molar-refractivity contribution in [3.63, 3.8) is 0 Å². The Balaban J connectivity index is 0.000000249. The van der Waals surface area contributed by atoms with Gasteiger partial charge in [0.1, 0.15) is 0 Å². The molecule has 6 nitrogen and oxygen atoms in total. The minimum atomic E-state index is -0.448. The first-order valence-corrected chi connectivity index (χ1v) is 5.07. The molecule has 0 aliphatic carbocycles. The van der Waals surface area contributed by atoms with Gasteiger partial charge in [-0.1, -0.05) is 12.1 Å². The molecular weight excluding hydrogens is 240 g/mol. The number of thiocarbonyl (C=S) groups is 1. The van der Waals surface area contributed by atoms with Crippen molar-refractivity contribution in [1.29, 1.82) is 0 Å². The van der Waals surface area contributed by atoms with Gasteiger partial charge in [-0.05, 0) is 24.4 Å². The predicted octanol–water partition coefficient (Wildman–Crippen LogP) is -0.461. The lowest BCUT2D eigenvalue weighted by Crippen LogP contribution is -2.34. The van der Waals surface area contributed by atoms with E-state index in [0.717, 1.165) is 0 Å². The van der Waals surface area contributed by atoms with Gasteiger partial charge < -0.3 is 16.1 Å². The molecule has 1 aromatic carbocycles. The van der Waals surface area contributed by atoms with E-state index in [1.54, 1.807) is 31.3 Å². The van der Waals surface area contributed by atoms with E-state index in [4.69, 9.17) is 5.73 Å². The molecule has 0 spiro atoms. The number of anilines is 1. The number of hydrogen-bond acceptors (Lipinski definition) is 4. The summed E-state index contributed by atoms with van der Waals surface area (Å²) in [6.07, 6.45) is 0. The number of likely N-dealkylation sites (N-methyl/N-ethyl adjacent to an activating group) is 1. The van der Waals surface area contributed by atoms with Crippen LogP contribution in [0.5, 0.6) is 0 Å². The zero-order chi connectivity index (χ0) is 13.0. The molecular formula is C10H12N4O2S. The van der Waals surface area contributed by atoms with Crippen LogP contribution in [0.2, 0.25) is 0 Å². The lowest BCUT2D eigenvalue weighted by Gasteiger charge is -2.06. The number of fused-ring (bicyclic) bond motifs is 1. The minimum absolute atomic E-state index is 0.116. The topological polar surface area (TPSA) is 101 Å². The lowest BCUT2D eigenvalue weighted by molar-refractivity contribution is -0.114. The Morgan fingerprint density at radius 3 is 2.35 bits per heavy atom. The molecule has 0 atom stereocenters. The Labute approximate surface area is 104 Å². The number of benzene rings is 1. The maximum atomic E-state index is 11.2. The second kappa shape index (κ2) is 5.37. The number of ketones is 1. The fourth-order valence-electron chi connectivity index (χ4n) is 1.34. The summed E-state index contributed by atoms with van der Waals surface area (Å²) in [5.41, 5.74) is 8.03. The summed E-state index contributed by atoms with van der Waals surface area (Å²) in [6, 6.07) is 6.99. The molecule has 0 saturated carbocycles. The standard InChI is InChI=1S/C9H7NO2.CH5N3S/c1-10-7-5-3-2-4-6(7)8(11)9(10)12;2-1(5)4-3/h2-5H,1H3;3H2,(H3,2,4,5). The predicted molar refractivity (Wildman–Crippen MR) is 68.3 cm³/mol. The fraction of sp³-hybridized carbons (Fsp3) is 0.100. The molecule has 90 valence electrons. The molecule has 0 unspecified atom stereocenters. The summed E-state index contributed by atoms with van der Waals surface area (Å²) in [6.45, 7) is 0. The van der Waals surface area contributed by atoms with Crippen LogP contribution in [0.25, 0.3) is 0 Å². The van der Waals surface area contributed by atoms with Crippen molar-refractivity contribution < 1.29 is 9.59 Å². The number of nitrogens with two attached hydrogens (primary N) is 2. The molecule has 0 aromatic heterocycles. The Morgan fingerprint density at radius 1 is 1.35 bits per heavy atom. The maximum Gasteiger partial charge on any atom is 0.299 e. The summed E-state index contributed by atoms with van der Waals surface area (Å²) in [4.78, 5) is 23.7. The normalized spacial score (nSPS) is 12.7. The first-order chi connectivity index (χ1) is 7.99. The van der Waals surface area contributed by atoms with Gasteiger partial charge in [0, 0.05) is 7.05 Å². The highest BCUT2D eigenvalue weighted by Gasteiger charge is 2.32. The minimum Gasteiger partial charge on any atom is -0.375 e. The molecule has 0 fully saturated rings. The molecule has 1 aliphatic rings. The quantitative estimate of drug-likeness (QED) is 0.250. The molecule has 1 aliphatic heterocycles. The van der Waals surface area contributed by atoms with Crippen molar-refractivity contribution in [3.05, 3.63) is 29.8 Å². The zero-order valence-electron chi connectivity index (χ0n) is 9.14. The number of para-hydroxylation sites is 1. The van der Waals surface area contributed by atoms with Crippen LogP contribution in [0, 0.1) is 0 Å². The van der Waals surface area contributed by atoms with Crippen molar-refractivity contribution in [3.8, 4) is 0 Å². The van der Waals surface area contributed by atoms with Crippen molar-refractivity contribution in [2.24, 2.45) is 11.6 Å². The van der Waals surface area contributed by atoms with Gasteiger partial charge in [0.15, 0.2) is 5.11 Å². The molecule has 0 saturated heterocycles. The Morgan fingerprint density at radius 2 is 1.88 bits per heavy atom. The van der Waals surface area contributed by atoms with E-state index in [2.05, 4.69) is 18.1 Å². The first kappa shape index (κ1) is 13.1. The third-order valence-electron chi connectivity index (χ3n) is 2.15. The summed E-state index contributed by atoms with van der Waals surface area (Å²) in [5.74, 6) is 3.80. The number of nitrogens with one attached hydrogen (secondary N) is 1. The van der Waals surface area contributed by atoms with Gasteiger partial charge in [0.05, 0.1) is 11.3 Å². The smallest absolute Gasteiger partial charge is 0.299 e. The summed E-state index contributed by atoms with van der Waals surface area (Å²) in [5, 5.41) is 0.116. The monoisotopic (exact) mass is 252 g/mol. The van der Waals surface area contributed by atoms with Crippen molar-refractivity contribution >= 4 is 34.7 Å². The highest BCUT2D eigenvalue weighted by molar-refractivity contribution is 7.80. The van der Waals surface area contributed by atoms with Gasteiger partial charge >= 0.3 is 0 Å². The second-order valence-electron chi connectivity index (χ2n) is 3.22. The van der Waals surface area contributed by atoms with Crippen molar-refractivity contribution in [1.82, 2.24) is 5.43 Å². The number of amides is 1. The lowest BCUT2D eigenvalue weighted by atomic mass is 10.1. The molecule has 2 rings (SSSR count). The summed E-state index contributed by atoms with van der Waals surface area (Å²) < 4.78 is 0. The summed E-state index contributed by atoms with van der Waals surface area (Å²) >= 11 is 4.24. The van der Waals surface area contributed by atoms with Crippen LogP contribution in [0.15, 0.2) is 24.3 Å². The van der Waals surface area contributed by atoms with E-state index in [0.29, 0.717) is 11.3 Å². The third kappa shape index (κ3) is 2.77. The third-order valence-corrected chi connectivity index (χ3v) is 2.27. The average Bonchev–Trinajstić information content (AvgIpc) is 2.56. The van der Waals surface area contributed by atoms with E-state index >= 15 is 0 Å². The molecule has 5 N–H and O–H groups in total. The van der Waals surface area contributed by atoms with Gasteiger partial charge in [0.2, 0.25) is 0 Å². The van der Waals surface area contributed by atoms with Crippen molar-refractivity contribution in [2.75, 3.05) is 11.9 Å². The number of carbonyl (C=O) groups excluding carboxylic acids is 2. The number of hydrogen-bond donors (Lipinski definition) is 3. The van der Waals surface area contributed by atoms with Crippen LogP contribution in [0.4, 0.5) is 5.69 Å². The van der Waals surface area contributed by atoms with E-state index in [1.165, 1.54) is 4.90 Å². The Hall–Kier alpha value is -1.99. The van der Waals surface area contributed by atoms with Gasteiger partial charge in [-0.15, -0.1) is 0 Å². The average molecular weight is 252 g/mol. The van der Waals surface area contributed by atoms with Gasteiger partial charge in [-0.25, -0.2) is 5.84 Å². The number of hydrazine groups is 1. The van der Waals surface area contributed by atoms with Crippen LogP contribution in [-0.4, -0.2) is 23.9 Å². The van der Waals surface area contributed by atoms with Crippen LogP contribution in [-0.2, 0) is 4.79 Å². The Bertz CT molecular complexity index is 475. The number of Topliss-reactive ketones (excluding diaryl/α,β-unsaturated/α-hetero) is 1. The van der Waals surface area contributed by atoms with E-state index in [1.807, 2.05) is 5.43 Å². The molecule has 1 heterocycles. The molecule has 0 radical (unpaired) electrons. The molecule has 1 amide bonds. The second-order valence-corrected chi connectivity index (χ2v) is 3.66. The van der Waals surface area contributed by atoms with Crippen LogP contribution in [0.1, 0.15) is 10.4 Å². The van der Waals surface area contributed by atoms with E-state index in [-0.39, 0.29) is 5.11 Å². The maximum absolute atomic E-state index is 11.2. The van der Waals surface area contributed by atoms with Crippen LogP contribution in [0.3, 0.4) is 0 Å². The van der Waals surface area contributed by atoms with Gasteiger partial charge in [-0.2, -0.15) is 0 Å².